The minimum atomic E-state index is 0.629. The molecule has 25 heavy (non-hydrogen) atoms. The smallest absolute Gasteiger partial charge is 0.0261 e. The van der Waals surface area contributed by atoms with Crippen molar-refractivity contribution in [3.63, 3.8) is 0 Å². The second-order valence-electron chi connectivity index (χ2n) is 10.1. The summed E-state index contributed by atoms with van der Waals surface area (Å²) in [5.41, 5.74) is 1.30. The van der Waals surface area contributed by atoms with Gasteiger partial charge in [-0.05, 0) is 78.4 Å². The SMILES string of the molecule is CC.CCCC(C)C1CCC2C3CCC(CC)C(C)(CC)C3CC12C. The summed E-state index contributed by atoms with van der Waals surface area (Å²) in [6.07, 6.45) is 13.3. The van der Waals surface area contributed by atoms with Crippen LogP contribution in [0.4, 0.5) is 0 Å². The normalized spacial score (nSPS) is 46.8. The molecule has 3 rings (SSSR count). The van der Waals surface area contributed by atoms with E-state index in [-0.39, 0.29) is 0 Å². The molecule has 0 amide bonds. The highest BCUT2D eigenvalue weighted by molar-refractivity contribution is 5.11. The fraction of sp³-hybridized carbons (Fsp3) is 1.00. The highest BCUT2D eigenvalue weighted by Gasteiger charge is 2.62. The first kappa shape index (κ1) is 21.3. The summed E-state index contributed by atoms with van der Waals surface area (Å²) >= 11 is 0. The van der Waals surface area contributed by atoms with Gasteiger partial charge in [0.05, 0.1) is 0 Å². The fourth-order valence-corrected chi connectivity index (χ4v) is 8.17. The van der Waals surface area contributed by atoms with Crippen LogP contribution in [-0.2, 0) is 0 Å². The number of rotatable bonds is 5. The average molecular weight is 349 g/mol. The third kappa shape index (κ3) is 3.34. The van der Waals surface area contributed by atoms with Crippen molar-refractivity contribution < 1.29 is 0 Å². The Morgan fingerprint density at radius 1 is 0.920 bits per heavy atom. The molecule has 8 unspecified atom stereocenters. The van der Waals surface area contributed by atoms with E-state index in [0.717, 1.165) is 35.5 Å². The molecule has 0 spiro atoms. The van der Waals surface area contributed by atoms with Crippen LogP contribution in [0.3, 0.4) is 0 Å². The van der Waals surface area contributed by atoms with Gasteiger partial charge in [-0.1, -0.05) is 81.1 Å². The Kier molecular flexibility index (Phi) is 7.11. The molecule has 0 bridgehead atoms. The van der Waals surface area contributed by atoms with Crippen molar-refractivity contribution >= 4 is 0 Å². The van der Waals surface area contributed by atoms with Gasteiger partial charge in [0.2, 0.25) is 0 Å². The van der Waals surface area contributed by atoms with Gasteiger partial charge in [-0.3, -0.25) is 0 Å². The largest absolute Gasteiger partial charge is 0.0683 e. The first-order valence-corrected chi connectivity index (χ1v) is 11.9. The van der Waals surface area contributed by atoms with Gasteiger partial charge in [0, 0.05) is 0 Å². The lowest BCUT2D eigenvalue weighted by Crippen LogP contribution is -2.42. The average Bonchev–Trinajstić information content (AvgIpc) is 3.09. The lowest BCUT2D eigenvalue weighted by molar-refractivity contribution is -0.00547. The summed E-state index contributed by atoms with van der Waals surface area (Å²) in [4.78, 5) is 0. The van der Waals surface area contributed by atoms with E-state index >= 15 is 0 Å². The van der Waals surface area contributed by atoms with Crippen LogP contribution in [0.5, 0.6) is 0 Å². The second-order valence-corrected chi connectivity index (χ2v) is 10.1. The van der Waals surface area contributed by atoms with Crippen molar-refractivity contribution in [1.82, 2.24) is 0 Å². The van der Waals surface area contributed by atoms with Gasteiger partial charge in [0.1, 0.15) is 0 Å². The van der Waals surface area contributed by atoms with Gasteiger partial charge >= 0.3 is 0 Å². The van der Waals surface area contributed by atoms with E-state index in [1.54, 1.807) is 19.3 Å². The van der Waals surface area contributed by atoms with E-state index in [9.17, 15) is 0 Å². The van der Waals surface area contributed by atoms with Crippen molar-refractivity contribution in [3.8, 4) is 0 Å². The Morgan fingerprint density at radius 2 is 1.60 bits per heavy atom. The van der Waals surface area contributed by atoms with Crippen molar-refractivity contribution in [3.05, 3.63) is 0 Å². The molecule has 0 aromatic carbocycles. The van der Waals surface area contributed by atoms with Crippen molar-refractivity contribution in [2.45, 2.75) is 113 Å². The van der Waals surface area contributed by atoms with Gasteiger partial charge in [0.15, 0.2) is 0 Å². The summed E-state index contributed by atoms with van der Waals surface area (Å²) in [5.74, 6) is 6.09. The molecule has 0 aliphatic heterocycles. The van der Waals surface area contributed by atoms with E-state index < -0.39 is 0 Å². The summed E-state index contributed by atoms with van der Waals surface area (Å²) in [6.45, 7) is 19.3. The zero-order chi connectivity index (χ0) is 18.8. The Morgan fingerprint density at radius 3 is 2.16 bits per heavy atom. The molecule has 3 fully saturated rings. The van der Waals surface area contributed by atoms with Gasteiger partial charge in [-0.25, -0.2) is 0 Å². The molecule has 0 aromatic rings. The Labute approximate surface area is 159 Å². The standard InChI is InChI=1S/C23H42.C2H6/c1-7-10-16(4)19-13-14-20-18-12-11-17(8-2)22(5,9-3)21(18)15-23(19,20)6;1-2/h16-21H,7-15H2,1-6H3;1-2H3. The summed E-state index contributed by atoms with van der Waals surface area (Å²) in [5, 5.41) is 0. The first-order chi connectivity index (χ1) is 11.9. The third-order valence-corrected chi connectivity index (χ3v) is 9.49. The zero-order valence-electron chi connectivity index (χ0n) is 18.8. The number of hydrogen-bond donors (Lipinski definition) is 0. The maximum absolute atomic E-state index is 2.72. The molecule has 8 atom stereocenters. The van der Waals surface area contributed by atoms with Crippen LogP contribution in [0.25, 0.3) is 0 Å². The van der Waals surface area contributed by atoms with Gasteiger partial charge in [-0.15, -0.1) is 0 Å². The van der Waals surface area contributed by atoms with Gasteiger partial charge in [-0.2, -0.15) is 0 Å². The van der Waals surface area contributed by atoms with E-state index in [2.05, 4.69) is 41.5 Å². The second kappa shape index (κ2) is 8.35. The van der Waals surface area contributed by atoms with E-state index in [1.807, 2.05) is 13.8 Å². The predicted octanol–water partition coefficient (Wildman–Crippen LogP) is 8.35. The molecule has 0 saturated heterocycles. The highest BCUT2D eigenvalue weighted by Crippen LogP contribution is 2.70. The maximum atomic E-state index is 2.72. The Hall–Kier alpha value is 0. The molecule has 0 heteroatoms. The van der Waals surface area contributed by atoms with E-state index in [4.69, 9.17) is 0 Å². The molecule has 3 saturated carbocycles. The lowest BCUT2D eigenvalue weighted by atomic mass is 9.55. The van der Waals surface area contributed by atoms with Crippen LogP contribution >= 0.6 is 0 Å². The molecule has 0 radical (unpaired) electrons. The van der Waals surface area contributed by atoms with Crippen molar-refractivity contribution in [2.24, 2.45) is 46.3 Å². The van der Waals surface area contributed by atoms with E-state index in [0.29, 0.717) is 10.8 Å². The van der Waals surface area contributed by atoms with Crippen LogP contribution in [-0.4, -0.2) is 0 Å². The summed E-state index contributed by atoms with van der Waals surface area (Å²) in [7, 11) is 0. The maximum Gasteiger partial charge on any atom is -0.0261 e. The topological polar surface area (TPSA) is 0 Å². The molecular formula is C25H48. The molecule has 0 heterocycles. The third-order valence-electron chi connectivity index (χ3n) is 9.49. The molecule has 3 aliphatic carbocycles. The summed E-state index contributed by atoms with van der Waals surface area (Å²) in [6, 6.07) is 0. The molecule has 0 N–H and O–H groups in total. The highest BCUT2D eigenvalue weighted by atomic mass is 14.7. The Bertz CT molecular complexity index is 412. The van der Waals surface area contributed by atoms with Crippen LogP contribution in [0.15, 0.2) is 0 Å². The predicted molar refractivity (Wildman–Crippen MR) is 113 cm³/mol. The Balaban J connectivity index is 0.00000109. The van der Waals surface area contributed by atoms with Crippen LogP contribution < -0.4 is 0 Å². The molecular weight excluding hydrogens is 300 g/mol. The van der Waals surface area contributed by atoms with Gasteiger partial charge in [0.25, 0.3) is 0 Å². The van der Waals surface area contributed by atoms with Crippen LogP contribution in [0.1, 0.15) is 113 Å². The fourth-order valence-electron chi connectivity index (χ4n) is 8.17. The first-order valence-electron chi connectivity index (χ1n) is 11.9. The minimum absolute atomic E-state index is 0.629. The number of hydrogen-bond acceptors (Lipinski definition) is 0. The quantitative estimate of drug-likeness (QED) is 0.468. The van der Waals surface area contributed by atoms with E-state index in [1.165, 1.54) is 38.5 Å². The van der Waals surface area contributed by atoms with Crippen molar-refractivity contribution in [2.75, 3.05) is 0 Å². The van der Waals surface area contributed by atoms with Crippen LogP contribution in [0.2, 0.25) is 0 Å². The monoisotopic (exact) mass is 348 g/mol. The van der Waals surface area contributed by atoms with Crippen molar-refractivity contribution in [1.29, 1.82) is 0 Å². The summed E-state index contributed by atoms with van der Waals surface area (Å²) < 4.78 is 0. The molecule has 0 nitrogen and oxygen atoms in total. The molecule has 3 aliphatic rings. The molecule has 148 valence electrons. The number of fused-ring (bicyclic) bond motifs is 3. The minimum Gasteiger partial charge on any atom is -0.0683 e. The van der Waals surface area contributed by atoms with Gasteiger partial charge < -0.3 is 0 Å². The van der Waals surface area contributed by atoms with Crippen LogP contribution in [0, 0.1) is 46.3 Å². The zero-order valence-corrected chi connectivity index (χ0v) is 18.8. The molecule has 0 aromatic heterocycles. The lowest BCUT2D eigenvalue weighted by Gasteiger charge is -2.50.